The molecule has 2 atom stereocenters. The molecule has 0 spiro atoms. The van der Waals surface area contributed by atoms with Crippen LogP contribution in [-0.4, -0.2) is 42.5 Å². The van der Waals surface area contributed by atoms with Gasteiger partial charge in [0.05, 0.1) is 0 Å². The van der Waals surface area contributed by atoms with Crippen molar-refractivity contribution in [1.82, 2.24) is 10.2 Å². The summed E-state index contributed by atoms with van der Waals surface area (Å²) in [6, 6.07) is 6.89. The minimum absolute atomic E-state index is 0.0991. The van der Waals surface area contributed by atoms with Gasteiger partial charge >= 0.3 is 6.03 Å². The lowest BCUT2D eigenvalue weighted by Gasteiger charge is -2.32. The Labute approximate surface area is 131 Å². The number of hydrogen-bond acceptors (Lipinski definition) is 3. The predicted molar refractivity (Wildman–Crippen MR) is 86.5 cm³/mol. The second kappa shape index (κ2) is 6.68. The van der Waals surface area contributed by atoms with Gasteiger partial charge < -0.3 is 20.9 Å². The maximum Gasteiger partial charge on any atom is 0.312 e. The van der Waals surface area contributed by atoms with Gasteiger partial charge in [-0.15, -0.1) is 0 Å². The van der Waals surface area contributed by atoms with Crippen molar-refractivity contribution in [3.8, 4) is 0 Å². The lowest BCUT2D eigenvalue weighted by molar-refractivity contribution is -0.135. The molecule has 3 amide bonds. The molecular weight excluding hydrogens is 280 g/mol. The summed E-state index contributed by atoms with van der Waals surface area (Å²) in [6.07, 6.45) is 0.855. The second-order valence-corrected chi connectivity index (χ2v) is 5.77. The number of fused-ring (bicyclic) bond motifs is 1. The molecule has 1 aliphatic rings. The summed E-state index contributed by atoms with van der Waals surface area (Å²) < 4.78 is 0. The van der Waals surface area contributed by atoms with Crippen molar-refractivity contribution in [2.24, 2.45) is 5.73 Å². The fraction of sp³-hybridized carbons (Fsp3) is 0.500. The number of nitrogens with one attached hydrogen (secondary N) is 1. The van der Waals surface area contributed by atoms with E-state index < -0.39 is 12.1 Å². The number of primary amides is 1. The highest BCUT2D eigenvalue weighted by atomic mass is 16.2. The largest absolute Gasteiger partial charge is 0.372 e. The number of carbonyl (C=O) groups is 2. The van der Waals surface area contributed by atoms with Crippen molar-refractivity contribution in [3.63, 3.8) is 0 Å². The van der Waals surface area contributed by atoms with Crippen LogP contribution in [0.3, 0.4) is 0 Å². The fourth-order valence-corrected chi connectivity index (χ4v) is 2.97. The Kier molecular flexibility index (Phi) is 4.90. The zero-order valence-corrected chi connectivity index (χ0v) is 13.4. The summed E-state index contributed by atoms with van der Waals surface area (Å²) >= 11 is 0. The number of carbonyl (C=O) groups excluding carboxylic acids is 2. The first kappa shape index (κ1) is 16.1. The molecule has 2 rings (SSSR count). The van der Waals surface area contributed by atoms with E-state index in [4.69, 9.17) is 5.73 Å². The zero-order chi connectivity index (χ0) is 16.3. The maximum absolute atomic E-state index is 12.7. The number of rotatable bonds is 3. The Morgan fingerprint density at radius 3 is 2.73 bits per heavy atom. The van der Waals surface area contributed by atoms with Crippen molar-refractivity contribution in [2.45, 2.75) is 38.9 Å². The van der Waals surface area contributed by atoms with Gasteiger partial charge in [-0.05, 0) is 25.0 Å². The Morgan fingerprint density at radius 2 is 2.09 bits per heavy atom. The molecule has 0 radical (unpaired) electrons. The number of nitrogens with zero attached hydrogens (tertiary/aromatic N) is 2. The molecule has 1 aromatic carbocycles. The van der Waals surface area contributed by atoms with Crippen molar-refractivity contribution in [1.29, 1.82) is 0 Å². The number of benzene rings is 1. The average Bonchev–Trinajstić information content (AvgIpc) is 2.63. The molecule has 1 aromatic rings. The van der Waals surface area contributed by atoms with Gasteiger partial charge in [-0.3, -0.25) is 4.79 Å². The maximum atomic E-state index is 12.7. The van der Waals surface area contributed by atoms with Gasteiger partial charge in [0.25, 0.3) is 0 Å². The molecule has 0 bridgehead atoms. The molecular formula is C16H24N4O2. The second-order valence-electron chi connectivity index (χ2n) is 5.77. The molecule has 6 heteroatoms. The van der Waals surface area contributed by atoms with Crippen LogP contribution < -0.4 is 16.0 Å². The number of urea groups is 1. The highest BCUT2D eigenvalue weighted by Gasteiger charge is 2.31. The van der Waals surface area contributed by atoms with E-state index in [0.717, 1.165) is 24.2 Å². The van der Waals surface area contributed by atoms with E-state index in [1.165, 1.54) is 0 Å². The summed E-state index contributed by atoms with van der Waals surface area (Å²) in [5, 5.41) is 2.47. The van der Waals surface area contributed by atoms with Crippen molar-refractivity contribution < 1.29 is 9.59 Å². The van der Waals surface area contributed by atoms with Crippen LogP contribution in [0.1, 0.15) is 25.8 Å². The third-order valence-electron chi connectivity index (χ3n) is 4.15. The summed E-state index contributed by atoms with van der Waals surface area (Å²) in [4.78, 5) is 27.7. The van der Waals surface area contributed by atoms with Crippen molar-refractivity contribution >= 4 is 17.6 Å². The van der Waals surface area contributed by atoms with Crippen molar-refractivity contribution in [3.05, 3.63) is 29.8 Å². The normalized spacial score (nSPS) is 19.1. The monoisotopic (exact) mass is 304 g/mol. The molecule has 120 valence electrons. The van der Waals surface area contributed by atoms with Gasteiger partial charge in [0.15, 0.2) is 0 Å². The average molecular weight is 304 g/mol. The van der Waals surface area contributed by atoms with Crippen LogP contribution in [0.5, 0.6) is 0 Å². The third kappa shape index (κ3) is 3.32. The smallest absolute Gasteiger partial charge is 0.312 e. The van der Waals surface area contributed by atoms with E-state index in [-0.39, 0.29) is 11.9 Å². The van der Waals surface area contributed by atoms with Gasteiger partial charge in [-0.1, -0.05) is 25.1 Å². The van der Waals surface area contributed by atoms with E-state index in [2.05, 4.69) is 23.2 Å². The Bertz CT molecular complexity index is 561. The van der Waals surface area contributed by atoms with Gasteiger partial charge in [-0.2, -0.15) is 0 Å². The highest BCUT2D eigenvalue weighted by molar-refractivity contribution is 5.86. The SMILES string of the molecule is CC[C@H]1CN(C)c2ccccc2CN1C(=O)[C@@H](C)NC(N)=O. The summed E-state index contributed by atoms with van der Waals surface area (Å²) in [5.74, 6) is -0.101. The van der Waals surface area contributed by atoms with E-state index >= 15 is 0 Å². The van der Waals surface area contributed by atoms with E-state index in [9.17, 15) is 9.59 Å². The van der Waals surface area contributed by atoms with Crippen LogP contribution >= 0.6 is 0 Å². The topological polar surface area (TPSA) is 78.7 Å². The van der Waals surface area contributed by atoms with Gasteiger partial charge in [0, 0.05) is 31.9 Å². The predicted octanol–water partition coefficient (Wildman–Crippen LogP) is 1.30. The number of para-hydroxylation sites is 1. The van der Waals surface area contributed by atoms with E-state index in [1.807, 2.05) is 30.1 Å². The van der Waals surface area contributed by atoms with Crippen LogP contribution in [-0.2, 0) is 11.3 Å². The third-order valence-corrected chi connectivity index (χ3v) is 4.15. The van der Waals surface area contributed by atoms with Crippen molar-refractivity contribution in [2.75, 3.05) is 18.5 Å². The number of likely N-dealkylation sites (N-methyl/N-ethyl adjacent to an activating group) is 1. The number of amides is 3. The first-order valence-corrected chi connectivity index (χ1v) is 7.59. The minimum atomic E-state index is -0.679. The fourth-order valence-electron chi connectivity index (χ4n) is 2.97. The van der Waals surface area contributed by atoms with Crippen LogP contribution in [0.15, 0.2) is 24.3 Å². The van der Waals surface area contributed by atoms with Crippen LogP contribution in [0.25, 0.3) is 0 Å². The van der Waals surface area contributed by atoms with Gasteiger partial charge in [0.1, 0.15) is 6.04 Å². The molecule has 1 aliphatic heterocycles. The van der Waals surface area contributed by atoms with E-state index in [1.54, 1.807) is 6.92 Å². The first-order chi connectivity index (χ1) is 10.4. The van der Waals surface area contributed by atoms with Crippen LogP contribution in [0.4, 0.5) is 10.5 Å². The summed E-state index contributed by atoms with van der Waals surface area (Å²) in [5.41, 5.74) is 7.39. The Balaban J connectivity index is 2.29. The molecule has 6 nitrogen and oxygen atoms in total. The lowest BCUT2D eigenvalue weighted by Crippen LogP contribution is -2.52. The quantitative estimate of drug-likeness (QED) is 0.883. The van der Waals surface area contributed by atoms with Gasteiger partial charge in [-0.25, -0.2) is 4.79 Å². The van der Waals surface area contributed by atoms with Crippen LogP contribution in [0, 0.1) is 0 Å². The molecule has 0 unspecified atom stereocenters. The standard InChI is InChI=1S/C16H24N4O2/c1-4-13-10-19(3)14-8-6-5-7-12(14)9-20(13)15(21)11(2)18-16(17)22/h5-8,11,13H,4,9-10H2,1-3H3,(H3,17,18,22)/t11-,13+/m1/s1. The molecule has 0 aliphatic carbocycles. The number of hydrogen-bond donors (Lipinski definition) is 2. The zero-order valence-electron chi connectivity index (χ0n) is 13.4. The summed E-state index contributed by atoms with van der Waals surface area (Å²) in [6.45, 7) is 5.05. The number of nitrogens with two attached hydrogens (primary N) is 1. The van der Waals surface area contributed by atoms with Crippen LogP contribution in [0.2, 0.25) is 0 Å². The molecule has 22 heavy (non-hydrogen) atoms. The highest BCUT2D eigenvalue weighted by Crippen LogP contribution is 2.27. The molecule has 0 fully saturated rings. The van der Waals surface area contributed by atoms with E-state index in [0.29, 0.717) is 6.54 Å². The van der Waals surface area contributed by atoms with Gasteiger partial charge in [0.2, 0.25) is 5.91 Å². The molecule has 3 N–H and O–H groups in total. The molecule has 0 saturated heterocycles. The lowest BCUT2D eigenvalue weighted by atomic mass is 10.1. The molecule has 0 saturated carbocycles. The Morgan fingerprint density at radius 1 is 1.41 bits per heavy atom. The molecule has 0 aromatic heterocycles. The Hall–Kier alpha value is -2.24. The first-order valence-electron chi connectivity index (χ1n) is 7.59. The number of anilines is 1. The molecule has 1 heterocycles. The minimum Gasteiger partial charge on any atom is -0.372 e. The summed E-state index contributed by atoms with van der Waals surface area (Å²) in [7, 11) is 2.04.